The van der Waals surface area contributed by atoms with Crippen molar-refractivity contribution >= 4 is 5.91 Å². The van der Waals surface area contributed by atoms with Gasteiger partial charge in [-0.05, 0) is 12.0 Å². The molecule has 1 amide bonds. The lowest BCUT2D eigenvalue weighted by atomic mass is 10.0. The molecule has 1 heterocycles. The van der Waals surface area contributed by atoms with Crippen LogP contribution in [0.4, 0.5) is 0 Å². The van der Waals surface area contributed by atoms with Gasteiger partial charge >= 0.3 is 0 Å². The van der Waals surface area contributed by atoms with E-state index in [-0.39, 0.29) is 18.0 Å². The van der Waals surface area contributed by atoms with E-state index in [4.69, 9.17) is 5.73 Å². The molecule has 17 heavy (non-hydrogen) atoms. The number of likely N-dealkylation sites (tertiary alicyclic amines) is 1. The summed E-state index contributed by atoms with van der Waals surface area (Å²) in [5.74, 6) is 0.194. The molecule has 0 spiro atoms. The van der Waals surface area contributed by atoms with Crippen molar-refractivity contribution in [3.8, 4) is 0 Å². The fourth-order valence-corrected chi connectivity index (χ4v) is 2.49. The monoisotopic (exact) mass is 232 g/mol. The predicted octanol–water partition coefficient (Wildman–Crippen LogP) is 2.09. The predicted molar refractivity (Wildman–Crippen MR) is 68.4 cm³/mol. The van der Waals surface area contributed by atoms with Crippen molar-refractivity contribution in [2.75, 3.05) is 6.54 Å². The van der Waals surface area contributed by atoms with Crippen LogP contribution in [0.3, 0.4) is 0 Å². The van der Waals surface area contributed by atoms with Gasteiger partial charge in [0.25, 0.3) is 0 Å². The highest BCUT2D eigenvalue weighted by Crippen LogP contribution is 2.31. The number of hydrogen-bond donors (Lipinski definition) is 1. The molecule has 0 radical (unpaired) electrons. The molecule has 2 N–H and O–H groups in total. The summed E-state index contributed by atoms with van der Waals surface area (Å²) in [6, 6.07) is 10.1. The third-order valence-corrected chi connectivity index (χ3v) is 3.37. The van der Waals surface area contributed by atoms with Crippen LogP contribution in [-0.4, -0.2) is 23.4 Å². The summed E-state index contributed by atoms with van der Waals surface area (Å²) in [6.07, 6.45) is 2.62. The first-order valence-electron chi connectivity index (χ1n) is 6.34. The summed E-state index contributed by atoms with van der Waals surface area (Å²) in [6.45, 7) is 2.96. The minimum atomic E-state index is -0.0678. The molecule has 1 aromatic rings. The molecule has 1 aliphatic rings. The van der Waals surface area contributed by atoms with Gasteiger partial charge < -0.3 is 10.6 Å². The Hall–Kier alpha value is -1.35. The van der Waals surface area contributed by atoms with Gasteiger partial charge in [-0.15, -0.1) is 0 Å². The number of amides is 1. The average molecular weight is 232 g/mol. The Balaban J connectivity index is 2.20. The molecule has 3 nitrogen and oxygen atoms in total. The highest BCUT2D eigenvalue weighted by molar-refractivity contribution is 5.80. The Morgan fingerprint density at radius 3 is 2.71 bits per heavy atom. The molecule has 2 unspecified atom stereocenters. The van der Waals surface area contributed by atoms with Gasteiger partial charge in [-0.2, -0.15) is 0 Å². The lowest BCUT2D eigenvalue weighted by molar-refractivity contribution is -0.129. The minimum absolute atomic E-state index is 0.0650. The van der Waals surface area contributed by atoms with Crippen molar-refractivity contribution in [3.05, 3.63) is 35.9 Å². The van der Waals surface area contributed by atoms with Crippen molar-refractivity contribution in [2.24, 2.45) is 5.73 Å². The number of rotatable bonds is 4. The Morgan fingerprint density at radius 2 is 2.06 bits per heavy atom. The second-order valence-electron chi connectivity index (χ2n) is 4.66. The minimum Gasteiger partial charge on any atom is -0.334 e. The van der Waals surface area contributed by atoms with E-state index in [1.165, 1.54) is 0 Å². The maximum atomic E-state index is 11.9. The smallest absolute Gasteiger partial charge is 0.224 e. The number of carbonyl (C=O) groups is 1. The average Bonchev–Trinajstić information content (AvgIpc) is 2.62. The van der Waals surface area contributed by atoms with Crippen LogP contribution < -0.4 is 5.73 Å². The van der Waals surface area contributed by atoms with E-state index >= 15 is 0 Å². The summed E-state index contributed by atoms with van der Waals surface area (Å²) in [7, 11) is 0. The van der Waals surface area contributed by atoms with E-state index in [1.807, 2.05) is 23.1 Å². The number of nitrogens with two attached hydrogens (primary N) is 1. The van der Waals surface area contributed by atoms with Crippen LogP contribution in [0.1, 0.15) is 37.8 Å². The quantitative estimate of drug-likeness (QED) is 0.864. The van der Waals surface area contributed by atoms with E-state index in [9.17, 15) is 4.79 Å². The summed E-state index contributed by atoms with van der Waals surface area (Å²) < 4.78 is 0. The van der Waals surface area contributed by atoms with Gasteiger partial charge in [-0.1, -0.05) is 43.7 Å². The van der Waals surface area contributed by atoms with Crippen LogP contribution in [0.25, 0.3) is 0 Å². The molecule has 0 aliphatic carbocycles. The molecule has 1 aromatic carbocycles. The van der Waals surface area contributed by atoms with Crippen molar-refractivity contribution < 1.29 is 4.79 Å². The van der Waals surface area contributed by atoms with E-state index in [1.54, 1.807) is 0 Å². The van der Waals surface area contributed by atoms with Crippen molar-refractivity contribution in [2.45, 2.75) is 38.3 Å². The zero-order chi connectivity index (χ0) is 12.3. The molecule has 0 saturated carbocycles. The van der Waals surface area contributed by atoms with E-state index in [0.29, 0.717) is 6.42 Å². The maximum Gasteiger partial charge on any atom is 0.224 e. The third-order valence-electron chi connectivity index (χ3n) is 3.37. The number of hydrogen-bond acceptors (Lipinski definition) is 2. The molecule has 1 saturated heterocycles. The molecule has 3 heteroatoms. The number of benzene rings is 1. The zero-order valence-electron chi connectivity index (χ0n) is 10.3. The van der Waals surface area contributed by atoms with Gasteiger partial charge in [0.15, 0.2) is 0 Å². The van der Waals surface area contributed by atoms with E-state index < -0.39 is 0 Å². The van der Waals surface area contributed by atoms with Crippen molar-refractivity contribution in [1.29, 1.82) is 0 Å². The third kappa shape index (κ3) is 2.50. The molecular formula is C14H20N2O. The van der Waals surface area contributed by atoms with Crippen LogP contribution in [0.15, 0.2) is 30.3 Å². The van der Waals surface area contributed by atoms with Crippen LogP contribution in [0.2, 0.25) is 0 Å². The molecule has 0 aromatic heterocycles. The van der Waals surface area contributed by atoms with Crippen LogP contribution in [-0.2, 0) is 4.79 Å². The Morgan fingerprint density at radius 1 is 1.35 bits per heavy atom. The number of unbranched alkanes of at least 4 members (excludes halogenated alkanes) is 1. The second-order valence-corrected chi connectivity index (χ2v) is 4.66. The van der Waals surface area contributed by atoms with Gasteiger partial charge in [-0.3, -0.25) is 4.79 Å². The van der Waals surface area contributed by atoms with Crippen molar-refractivity contribution in [3.63, 3.8) is 0 Å². The second kappa shape index (κ2) is 5.32. The number of carbonyl (C=O) groups excluding carboxylic acids is 1. The van der Waals surface area contributed by atoms with E-state index in [0.717, 1.165) is 24.9 Å². The molecule has 92 valence electrons. The molecule has 1 fully saturated rings. The highest BCUT2D eigenvalue weighted by Gasteiger charge is 2.37. The summed E-state index contributed by atoms with van der Waals surface area (Å²) in [5.41, 5.74) is 7.26. The van der Waals surface area contributed by atoms with Crippen LogP contribution in [0, 0.1) is 0 Å². The zero-order valence-corrected chi connectivity index (χ0v) is 10.3. The summed E-state index contributed by atoms with van der Waals surface area (Å²) in [5, 5.41) is 0. The van der Waals surface area contributed by atoms with Crippen LogP contribution >= 0.6 is 0 Å². The first-order chi connectivity index (χ1) is 8.24. The Labute approximate surface area is 103 Å². The van der Waals surface area contributed by atoms with Gasteiger partial charge in [0.1, 0.15) is 0 Å². The number of nitrogens with zero attached hydrogens (tertiary/aromatic N) is 1. The van der Waals surface area contributed by atoms with Gasteiger partial charge in [0.2, 0.25) is 5.91 Å². The molecule has 2 rings (SSSR count). The molecular weight excluding hydrogens is 212 g/mol. The summed E-state index contributed by atoms with van der Waals surface area (Å²) >= 11 is 0. The standard InChI is InChI=1S/C14H20N2O/c1-2-3-9-16-13(17)10-12(15)14(16)11-7-5-4-6-8-11/h4-8,12,14H,2-3,9-10,15H2,1H3. The normalized spacial score (nSPS) is 24.4. The van der Waals surface area contributed by atoms with Gasteiger partial charge in [0, 0.05) is 19.0 Å². The highest BCUT2D eigenvalue weighted by atomic mass is 16.2. The Kier molecular flexibility index (Phi) is 3.79. The van der Waals surface area contributed by atoms with E-state index in [2.05, 4.69) is 19.1 Å². The lowest BCUT2D eigenvalue weighted by Crippen LogP contribution is -2.33. The lowest BCUT2D eigenvalue weighted by Gasteiger charge is -2.27. The summed E-state index contributed by atoms with van der Waals surface area (Å²) in [4.78, 5) is 13.9. The molecule has 0 bridgehead atoms. The SMILES string of the molecule is CCCCN1C(=O)CC(N)C1c1ccccc1. The molecule has 2 atom stereocenters. The van der Waals surface area contributed by atoms with Crippen molar-refractivity contribution in [1.82, 2.24) is 4.90 Å². The fraction of sp³-hybridized carbons (Fsp3) is 0.500. The van der Waals surface area contributed by atoms with Crippen LogP contribution in [0.5, 0.6) is 0 Å². The Bertz CT molecular complexity index is 377. The largest absolute Gasteiger partial charge is 0.334 e. The topological polar surface area (TPSA) is 46.3 Å². The maximum absolute atomic E-state index is 11.9. The molecule has 1 aliphatic heterocycles. The van der Waals surface area contributed by atoms with Gasteiger partial charge in [-0.25, -0.2) is 0 Å². The fourth-order valence-electron chi connectivity index (χ4n) is 2.49. The first kappa shape index (κ1) is 12.1. The van der Waals surface area contributed by atoms with Gasteiger partial charge in [0.05, 0.1) is 6.04 Å². The first-order valence-corrected chi connectivity index (χ1v) is 6.34.